The molecule has 0 unspecified atom stereocenters. The molecule has 1 aliphatic heterocycles. The summed E-state index contributed by atoms with van der Waals surface area (Å²) in [7, 11) is 0. The molecule has 1 saturated heterocycles. The summed E-state index contributed by atoms with van der Waals surface area (Å²) in [6, 6.07) is 7.67. The number of hydrogen-bond donors (Lipinski definition) is 0. The lowest BCUT2D eigenvalue weighted by molar-refractivity contribution is 0.0792. The first kappa shape index (κ1) is 12.5. The van der Waals surface area contributed by atoms with E-state index < -0.39 is 0 Å². The van der Waals surface area contributed by atoms with Crippen molar-refractivity contribution in [3.63, 3.8) is 0 Å². The van der Waals surface area contributed by atoms with Gasteiger partial charge in [0.05, 0.1) is 6.10 Å². The minimum atomic E-state index is 0.148. The lowest BCUT2D eigenvalue weighted by Gasteiger charge is -2.17. The highest BCUT2D eigenvalue weighted by atomic mass is 16.5. The molecular formula is C16H21NO2. The van der Waals surface area contributed by atoms with Gasteiger partial charge in [0.25, 0.3) is 5.91 Å². The van der Waals surface area contributed by atoms with Gasteiger partial charge in [-0.1, -0.05) is 6.07 Å². The summed E-state index contributed by atoms with van der Waals surface area (Å²) in [5, 5.41) is 0. The molecule has 0 aromatic heterocycles. The molecule has 0 spiro atoms. The fourth-order valence-corrected chi connectivity index (χ4v) is 3.00. The van der Waals surface area contributed by atoms with Crippen molar-refractivity contribution in [3.8, 4) is 5.75 Å². The maximum atomic E-state index is 12.3. The Kier molecular flexibility index (Phi) is 3.72. The van der Waals surface area contributed by atoms with Crippen molar-refractivity contribution in [2.24, 2.45) is 0 Å². The Morgan fingerprint density at radius 1 is 1.11 bits per heavy atom. The predicted molar refractivity (Wildman–Crippen MR) is 74.5 cm³/mol. The van der Waals surface area contributed by atoms with Gasteiger partial charge in [-0.3, -0.25) is 4.79 Å². The van der Waals surface area contributed by atoms with Crippen molar-refractivity contribution in [2.45, 2.75) is 44.6 Å². The molecule has 0 N–H and O–H groups in total. The second kappa shape index (κ2) is 5.64. The lowest BCUT2D eigenvalue weighted by Crippen LogP contribution is -2.27. The summed E-state index contributed by atoms with van der Waals surface area (Å²) in [4.78, 5) is 14.2. The average Bonchev–Trinajstić information content (AvgIpc) is 3.11. The monoisotopic (exact) mass is 259 g/mol. The van der Waals surface area contributed by atoms with Crippen LogP contribution in [0.2, 0.25) is 0 Å². The third-order valence-electron chi connectivity index (χ3n) is 4.08. The van der Waals surface area contributed by atoms with Crippen LogP contribution in [-0.4, -0.2) is 30.0 Å². The van der Waals surface area contributed by atoms with E-state index in [0.717, 1.165) is 50.1 Å². The largest absolute Gasteiger partial charge is 0.490 e. The van der Waals surface area contributed by atoms with Gasteiger partial charge >= 0.3 is 0 Å². The van der Waals surface area contributed by atoms with E-state index in [9.17, 15) is 4.79 Å². The van der Waals surface area contributed by atoms with Crippen molar-refractivity contribution < 1.29 is 9.53 Å². The van der Waals surface area contributed by atoms with Gasteiger partial charge in [-0.05, 0) is 56.7 Å². The summed E-state index contributed by atoms with van der Waals surface area (Å²) in [6.45, 7) is 1.79. The van der Waals surface area contributed by atoms with E-state index in [2.05, 4.69) is 0 Å². The number of hydrogen-bond acceptors (Lipinski definition) is 2. The van der Waals surface area contributed by atoms with Gasteiger partial charge in [0.1, 0.15) is 5.75 Å². The number of carbonyl (C=O) groups is 1. The van der Waals surface area contributed by atoms with Crippen LogP contribution in [0.25, 0.3) is 0 Å². The molecule has 1 saturated carbocycles. The molecule has 0 bridgehead atoms. The minimum Gasteiger partial charge on any atom is -0.490 e. The van der Waals surface area contributed by atoms with Gasteiger partial charge < -0.3 is 9.64 Å². The summed E-state index contributed by atoms with van der Waals surface area (Å²) >= 11 is 0. The van der Waals surface area contributed by atoms with Crippen molar-refractivity contribution in [3.05, 3.63) is 29.8 Å². The van der Waals surface area contributed by atoms with Crippen molar-refractivity contribution >= 4 is 5.91 Å². The van der Waals surface area contributed by atoms with E-state index in [4.69, 9.17) is 4.74 Å². The smallest absolute Gasteiger partial charge is 0.253 e. The summed E-state index contributed by atoms with van der Waals surface area (Å²) < 4.78 is 5.96. The highest BCUT2D eigenvalue weighted by Crippen LogP contribution is 2.25. The van der Waals surface area contributed by atoms with Crippen LogP contribution in [-0.2, 0) is 0 Å². The predicted octanol–water partition coefficient (Wildman–Crippen LogP) is 3.24. The topological polar surface area (TPSA) is 29.5 Å². The van der Waals surface area contributed by atoms with Crippen molar-refractivity contribution in [1.82, 2.24) is 4.90 Å². The van der Waals surface area contributed by atoms with E-state index in [1.807, 2.05) is 29.2 Å². The number of benzene rings is 1. The molecule has 1 aliphatic carbocycles. The molecule has 0 radical (unpaired) electrons. The van der Waals surface area contributed by atoms with E-state index in [-0.39, 0.29) is 5.91 Å². The standard InChI is InChI=1S/C16H21NO2/c18-16(17-10-3-4-11-17)13-6-5-9-15(12-13)19-14-7-1-2-8-14/h5-6,9,12,14H,1-4,7-8,10-11H2. The number of rotatable bonds is 3. The molecule has 19 heavy (non-hydrogen) atoms. The Morgan fingerprint density at radius 2 is 1.84 bits per heavy atom. The van der Waals surface area contributed by atoms with Crippen LogP contribution in [0.3, 0.4) is 0 Å². The third kappa shape index (κ3) is 2.91. The molecule has 1 aromatic carbocycles. The molecule has 2 fully saturated rings. The van der Waals surface area contributed by atoms with Gasteiger partial charge in [-0.25, -0.2) is 0 Å². The van der Waals surface area contributed by atoms with Crippen LogP contribution in [0, 0.1) is 0 Å². The lowest BCUT2D eigenvalue weighted by atomic mass is 10.2. The SMILES string of the molecule is O=C(c1cccc(OC2CCCC2)c1)N1CCCC1. The second-order valence-electron chi connectivity index (χ2n) is 5.55. The first-order valence-corrected chi connectivity index (χ1v) is 7.39. The van der Waals surface area contributed by atoms with Gasteiger partial charge in [0, 0.05) is 18.7 Å². The molecule has 0 atom stereocenters. The van der Waals surface area contributed by atoms with Crippen LogP contribution in [0.4, 0.5) is 0 Å². The number of nitrogens with zero attached hydrogens (tertiary/aromatic N) is 1. The molecular weight excluding hydrogens is 238 g/mol. The summed E-state index contributed by atoms with van der Waals surface area (Å²) in [5.74, 6) is 0.992. The molecule has 3 heteroatoms. The summed E-state index contributed by atoms with van der Waals surface area (Å²) in [6.07, 6.45) is 7.41. The quantitative estimate of drug-likeness (QED) is 0.834. The Bertz CT molecular complexity index is 446. The van der Waals surface area contributed by atoms with Gasteiger partial charge in [0.2, 0.25) is 0 Å². The number of ether oxygens (including phenoxy) is 1. The van der Waals surface area contributed by atoms with Crippen LogP contribution in [0.1, 0.15) is 48.9 Å². The van der Waals surface area contributed by atoms with Gasteiger partial charge in [-0.15, -0.1) is 0 Å². The fraction of sp³-hybridized carbons (Fsp3) is 0.562. The average molecular weight is 259 g/mol. The third-order valence-corrected chi connectivity index (χ3v) is 4.08. The highest BCUT2D eigenvalue weighted by Gasteiger charge is 2.21. The molecule has 2 aliphatic rings. The zero-order chi connectivity index (χ0) is 13.1. The molecule has 3 rings (SSSR count). The maximum Gasteiger partial charge on any atom is 0.253 e. The number of likely N-dealkylation sites (tertiary alicyclic amines) is 1. The number of amides is 1. The van der Waals surface area contributed by atoms with E-state index >= 15 is 0 Å². The fourth-order valence-electron chi connectivity index (χ4n) is 3.00. The summed E-state index contributed by atoms with van der Waals surface area (Å²) in [5.41, 5.74) is 0.761. The Balaban J connectivity index is 1.69. The van der Waals surface area contributed by atoms with Crippen LogP contribution in [0.15, 0.2) is 24.3 Å². The Morgan fingerprint density at radius 3 is 2.58 bits per heavy atom. The van der Waals surface area contributed by atoms with Gasteiger partial charge in [0.15, 0.2) is 0 Å². The van der Waals surface area contributed by atoms with Gasteiger partial charge in [-0.2, -0.15) is 0 Å². The first-order valence-electron chi connectivity index (χ1n) is 7.39. The van der Waals surface area contributed by atoms with E-state index in [1.54, 1.807) is 0 Å². The molecule has 1 amide bonds. The van der Waals surface area contributed by atoms with Crippen molar-refractivity contribution in [1.29, 1.82) is 0 Å². The zero-order valence-corrected chi connectivity index (χ0v) is 11.3. The Labute approximate surface area is 114 Å². The van der Waals surface area contributed by atoms with E-state index in [1.165, 1.54) is 12.8 Å². The van der Waals surface area contributed by atoms with E-state index in [0.29, 0.717) is 6.10 Å². The zero-order valence-electron chi connectivity index (χ0n) is 11.3. The van der Waals surface area contributed by atoms with Crippen LogP contribution >= 0.6 is 0 Å². The highest BCUT2D eigenvalue weighted by molar-refractivity contribution is 5.94. The molecule has 102 valence electrons. The minimum absolute atomic E-state index is 0.148. The molecule has 1 aromatic rings. The molecule has 3 nitrogen and oxygen atoms in total. The van der Waals surface area contributed by atoms with Crippen molar-refractivity contribution in [2.75, 3.05) is 13.1 Å². The van der Waals surface area contributed by atoms with Crippen LogP contribution in [0.5, 0.6) is 5.75 Å². The Hall–Kier alpha value is -1.51. The first-order chi connectivity index (χ1) is 9.33. The normalized spacial score (nSPS) is 19.9. The maximum absolute atomic E-state index is 12.3. The number of carbonyl (C=O) groups excluding carboxylic acids is 1. The van der Waals surface area contributed by atoms with Crippen LogP contribution < -0.4 is 4.74 Å². The second-order valence-corrected chi connectivity index (χ2v) is 5.55. The molecule has 1 heterocycles.